The van der Waals surface area contributed by atoms with Gasteiger partial charge in [-0.15, -0.1) is 11.3 Å². The molecule has 0 unspecified atom stereocenters. The lowest BCUT2D eigenvalue weighted by molar-refractivity contribution is 0.699. The third-order valence-corrected chi connectivity index (χ3v) is 3.59. The highest BCUT2D eigenvalue weighted by Gasteiger charge is 2.00. The van der Waals surface area contributed by atoms with E-state index >= 15 is 0 Å². The maximum atomic E-state index is 5.96. The van der Waals surface area contributed by atoms with Gasteiger partial charge in [-0.3, -0.25) is 0 Å². The molecule has 1 N–H and O–H groups in total. The molecule has 2 rings (SSSR count). The number of thiophene rings is 1. The minimum Gasteiger partial charge on any atom is -0.308 e. The Morgan fingerprint density at radius 1 is 1.31 bits per heavy atom. The highest BCUT2D eigenvalue weighted by Crippen LogP contribution is 2.15. The molecule has 0 saturated heterocycles. The monoisotopic (exact) mass is 252 g/mol. The molecule has 2 heterocycles. The Morgan fingerprint density at radius 2 is 2.19 bits per heavy atom. The van der Waals surface area contributed by atoms with E-state index < -0.39 is 0 Å². The van der Waals surface area contributed by atoms with E-state index in [9.17, 15) is 0 Å². The number of aromatic nitrogens is 1. The number of hydrogen-bond donors (Lipinski definition) is 1. The number of hydrogen-bond acceptors (Lipinski definition) is 3. The summed E-state index contributed by atoms with van der Waals surface area (Å²) >= 11 is 7.78. The van der Waals surface area contributed by atoms with E-state index in [1.807, 2.05) is 23.5 Å². The van der Waals surface area contributed by atoms with Crippen molar-refractivity contribution in [3.8, 4) is 0 Å². The molecule has 0 aromatic carbocycles. The van der Waals surface area contributed by atoms with Gasteiger partial charge < -0.3 is 5.32 Å². The van der Waals surface area contributed by atoms with Crippen molar-refractivity contribution in [3.05, 3.63) is 50.9 Å². The average molecular weight is 253 g/mol. The average Bonchev–Trinajstić information content (AvgIpc) is 2.67. The number of pyridine rings is 1. The van der Waals surface area contributed by atoms with Gasteiger partial charge in [0.05, 0.1) is 0 Å². The van der Waals surface area contributed by atoms with Crippen LogP contribution in [0.25, 0.3) is 0 Å². The van der Waals surface area contributed by atoms with Crippen LogP contribution >= 0.6 is 22.9 Å². The molecule has 2 aromatic heterocycles. The fraction of sp³-hybridized carbons (Fsp3) is 0.250. The zero-order chi connectivity index (χ0) is 11.4. The van der Waals surface area contributed by atoms with Gasteiger partial charge in [0, 0.05) is 34.6 Å². The third-order valence-electron chi connectivity index (χ3n) is 2.25. The summed E-state index contributed by atoms with van der Waals surface area (Å²) in [7, 11) is 0. The molecule has 0 fully saturated rings. The SMILES string of the molecule is Cc1ccc(CNCc2cccnc2Cl)s1. The van der Waals surface area contributed by atoms with Gasteiger partial charge in [-0.05, 0) is 25.1 Å². The normalized spacial score (nSPS) is 10.6. The molecule has 2 nitrogen and oxygen atoms in total. The first-order valence-electron chi connectivity index (χ1n) is 5.11. The van der Waals surface area contributed by atoms with E-state index in [2.05, 4.69) is 29.4 Å². The molecule has 2 aromatic rings. The van der Waals surface area contributed by atoms with Gasteiger partial charge in [0.1, 0.15) is 5.15 Å². The fourth-order valence-corrected chi connectivity index (χ4v) is 2.50. The summed E-state index contributed by atoms with van der Waals surface area (Å²) in [5.41, 5.74) is 1.04. The first-order chi connectivity index (χ1) is 7.75. The highest BCUT2D eigenvalue weighted by atomic mass is 35.5. The number of halogens is 1. The van der Waals surface area contributed by atoms with Crippen molar-refractivity contribution >= 4 is 22.9 Å². The molecule has 0 radical (unpaired) electrons. The Balaban J connectivity index is 1.87. The minimum absolute atomic E-state index is 0.581. The largest absolute Gasteiger partial charge is 0.308 e. The number of nitrogens with one attached hydrogen (secondary N) is 1. The van der Waals surface area contributed by atoms with Gasteiger partial charge in [-0.2, -0.15) is 0 Å². The maximum absolute atomic E-state index is 5.96. The first-order valence-corrected chi connectivity index (χ1v) is 6.30. The van der Waals surface area contributed by atoms with Crippen molar-refractivity contribution < 1.29 is 0 Å². The van der Waals surface area contributed by atoms with Crippen molar-refractivity contribution in [2.75, 3.05) is 0 Å². The Bertz CT molecular complexity index is 468. The summed E-state index contributed by atoms with van der Waals surface area (Å²) < 4.78 is 0. The maximum Gasteiger partial charge on any atom is 0.133 e. The van der Waals surface area contributed by atoms with Gasteiger partial charge in [0.2, 0.25) is 0 Å². The Kier molecular flexibility index (Phi) is 3.93. The summed E-state index contributed by atoms with van der Waals surface area (Å²) in [4.78, 5) is 6.73. The van der Waals surface area contributed by atoms with Crippen LogP contribution in [0.1, 0.15) is 15.3 Å². The van der Waals surface area contributed by atoms with Gasteiger partial charge in [0.15, 0.2) is 0 Å². The second kappa shape index (κ2) is 5.43. The molecule has 0 aliphatic rings. The van der Waals surface area contributed by atoms with E-state index in [1.165, 1.54) is 9.75 Å². The van der Waals surface area contributed by atoms with Crippen LogP contribution in [0.3, 0.4) is 0 Å². The van der Waals surface area contributed by atoms with Gasteiger partial charge in [0.25, 0.3) is 0 Å². The molecular formula is C12H13ClN2S. The molecule has 0 bridgehead atoms. The molecule has 0 aliphatic heterocycles. The molecule has 0 atom stereocenters. The molecule has 0 aliphatic carbocycles. The zero-order valence-electron chi connectivity index (χ0n) is 9.03. The van der Waals surface area contributed by atoms with Crippen molar-refractivity contribution in [1.82, 2.24) is 10.3 Å². The molecular weight excluding hydrogens is 240 g/mol. The lowest BCUT2D eigenvalue weighted by Crippen LogP contribution is -2.12. The van der Waals surface area contributed by atoms with Crippen LogP contribution in [0.2, 0.25) is 5.15 Å². The van der Waals surface area contributed by atoms with Crippen molar-refractivity contribution in [2.24, 2.45) is 0 Å². The summed E-state index contributed by atoms with van der Waals surface area (Å²) in [6.45, 7) is 3.75. The van der Waals surface area contributed by atoms with Crippen LogP contribution in [0.15, 0.2) is 30.5 Å². The van der Waals surface area contributed by atoms with Crippen molar-refractivity contribution in [2.45, 2.75) is 20.0 Å². The molecule has 4 heteroatoms. The second-order valence-corrected chi connectivity index (χ2v) is 5.30. The number of rotatable bonds is 4. The summed E-state index contributed by atoms with van der Waals surface area (Å²) in [5, 5.41) is 3.94. The molecule has 0 spiro atoms. The Labute approximate surface area is 104 Å². The number of nitrogens with zero attached hydrogens (tertiary/aromatic N) is 1. The topological polar surface area (TPSA) is 24.9 Å². The van der Waals surface area contributed by atoms with Crippen LogP contribution < -0.4 is 5.32 Å². The quantitative estimate of drug-likeness (QED) is 0.844. The van der Waals surface area contributed by atoms with E-state index in [1.54, 1.807) is 6.20 Å². The van der Waals surface area contributed by atoms with Crippen LogP contribution in [-0.4, -0.2) is 4.98 Å². The van der Waals surface area contributed by atoms with Gasteiger partial charge in [-0.25, -0.2) is 4.98 Å². The summed E-state index contributed by atoms with van der Waals surface area (Å²) in [5.74, 6) is 0. The standard InChI is InChI=1S/C12H13ClN2S/c1-9-4-5-11(16-9)8-14-7-10-3-2-6-15-12(10)13/h2-6,14H,7-8H2,1H3. The van der Waals surface area contributed by atoms with E-state index in [4.69, 9.17) is 11.6 Å². The fourth-order valence-electron chi connectivity index (χ4n) is 1.45. The van der Waals surface area contributed by atoms with Gasteiger partial charge in [-0.1, -0.05) is 17.7 Å². The van der Waals surface area contributed by atoms with Crippen LogP contribution in [-0.2, 0) is 13.1 Å². The first kappa shape index (κ1) is 11.6. The van der Waals surface area contributed by atoms with Gasteiger partial charge >= 0.3 is 0 Å². The van der Waals surface area contributed by atoms with Crippen molar-refractivity contribution in [3.63, 3.8) is 0 Å². The molecule has 0 saturated carbocycles. The Hall–Kier alpha value is -0.900. The predicted molar refractivity (Wildman–Crippen MR) is 68.8 cm³/mol. The van der Waals surface area contributed by atoms with Crippen LogP contribution in [0, 0.1) is 6.92 Å². The lowest BCUT2D eigenvalue weighted by Gasteiger charge is -2.04. The molecule has 84 valence electrons. The highest BCUT2D eigenvalue weighted by molar-refractivity contribution is 7.11. The molecule has 16 heavy (non-hydrogen) atoms. The second-order valence-electron chi connectivity index (χ2n) is 3.57. The number of aryl methyl sites for hydroxylation is 1. The molecule has 0 amide bonds. The van der Waals surface area contributed by atoms with Crippen LogP contribution in [0.4, 0.5) is 0 Å². The zero-order valence-corrected chi connectivity index (χ0v) is 10.6. The minimum atomic E-state index is 0.581. The van der Waals surface area contributed by atoms with E-state index in [0.29, 0.717) is 5.15 Å². The smallest absolute Gasteiger partial charge is 0.133 e. The van der Waals surface area contributed by atoms with Crippen LogP contribution in [0.5, 0.6) is 0 Å². The summed E-state index contributed by atoms with van der Waals surface area (Å²) in [6, 6.07) is 8.18. The Morgan fingerprint density at radius 3 is 2.88 bits per heavy atom. The van der Waals surface area contributed by atoms with Crippen molar-refractivity contribution in [1.29, 1.82) is 0 Å². The summed E-state index contributed by atoms with van der Waals surface area (Å²) in [6.07, 6.45) is 1.70. The third kappa shape index (κ3) is 3.04. The van der Waals surface area contributed by atoms with E-state index in [-0.39, 0.29) is 0 Å². The predicted octanol–water partition coefficient (Wildman–Crippen LogP) is 3.39. The van der Waals surface area contributed by atoms with E-state index in [0.717, 1.165) is 18.7 Å². The lowest BCUT2D eigenvalue weighted by atomic mass is 10.3.